The van der Waals surface area contributed by atoms with Crippen LogP contribution < -0.4 is 11.1 Å². The van der Waals surface area contributed by atoms with Gasteiger partial charge < -0.3 is 20.6 Å². The number of benzene rings is 4. The Hall–Kier alpha value is -5.99. The highest BCUT2D eigenvalue weighted by molar-refractivity contribution is 9.08. The molecule has 8 rings (SSSR count). The van der Waals surface area contributed by atoms with Gasteiger partial charge in [0.2, 0.25) is 5.91 Å². The van der Waals surface area contributed by atoms with E-state index in [-0.39, 0.29) is 20.8 Å². The number of nitrogens with one attached hydrogen (secondary N) is 2. The third-order valence-electron chi connectivity index (χ3n) is 8.51. The maximum atomic E-state index is 11.7. The topological polar surface area (TPSA) is 102 Å². The monoisotopic (exact) mass is 794 g/mol. The molecule has 0 radical (unpaired) electrons. The van der Waals surface area contributed by atoms with Gasteiger partial charge in [0, 0.05) is 43.9 Å². The van der Waals surface area contributed by atoms with E-state index in [2.05, 4.69) is 144 Å². The number of aromatic amines is 1. The van der Waals surface area contributed by atoms with Gasteiger partial charge in [0.05, 0.1) is 17.9 Å². The van der Waals surface area contributed by atoms with Gasteiger partial charge in [-0.15, -0.1) is 0 Å². The van der Waals surface area contributed by atoms with Gasteiger partial charge in [-0.25, -0.2) is 9.97 Å². The van der Waals surface area contributed by atoms with Crippen LogP contribution in [0.2, 0.25) is 0 Å². The third-order valence-corrected chi connectivity index (χ3v) is 9.08. The number of hydrogen-bond donors (Lipinski definition) is 3. The normalized spacial score (nSPS) is 10.5. The molecule has 0 fully saturated rings. The first-order valence-electron chi connectivity index (χ1n) is 17.5. The predicted octanol–water partition coefficient (Wildman–Crippen LogP) is 12.4. The number of halogens is 1. The molecule has 282 valence electrons. The van der Waals surface area contributed by atoms with Crippen LogP contribution in [-0.4, -0.2) is 25.4 Å². The second-order valence-electron chi connectivity index (χ2n) is 13.6. The molecule has 7 nitrogen and oxygen atoms in total. The number of fused-ring (bicyclic) bond motifs is 2. The van der Waals surface area contributed by atoms with Gasteiger partial charge in [0.25, 0.3) is 0 Å². The molecule has 0 saturated carbocycles. The Morgan fingerprint density at radius 2 is 1.29 bits per heavy atom. The van der Waals surface area contributed by atoms with Crippen molar-refractivity contribution in [3.8, 4) is 22.5 Å². The van der Waals surface area contributed by atoms with E-state index < -0.39 is 5.41 Å². The molecular weight excluding hydrogens is 744 g/mol. The fourth-order valence-corrected chi connectivity index (χ4v) is 6.06. The molecule has 8 heteroatoms. The highest BCUT2D eigenvalue weighted by Crippen LogP contribution is 2.29. The maximum Gasteiger partial charge on any atom is 0.230 e. The van der Waals surface area contributed by atoms with E-state index in [1.54, 1.807) is 6.07 Å². The van der Waals surface area contributed by atoms with Crippen LogP contribution in [0, 0.1) is 5.41 Å². The molecule has 4 N–H and O–H groups in total. The zero-order chi connectivity index (χ0) is 37.2. The molecule has 0 unspecified atom stereocenters. The molecule has 0 aliphatic rings. The number of alkyl halides is 1. The molecule has 0 aliphatic carbocycles. The van der Waals surface area contributed by atoms with E-state index in [1.807, 2.05) is 69.3 Å². The minimum absolute atomic E-state index is 0. The third kappa shape index (κ3) is 11.0. The summed E-state index contributed by atoms with van der Waals surface area (Å²) in [7, 11) is 0. The maximum absolute atomic E-state index is 11.7. The smallest absolute Gasteiger partial charge is 0.230 e. The first-order chi connectivity index (χ1) is 25.7. The summed E-state index contributed by atoms with van der Waals surface area (Å²) < 4.78 is 2.30. The lowest BCUT2D eigenvalue weighted by Crippen LogP contribution is -2.28. The number of rotatable bonds is 6. The Morgan fingerprint density at radius 1 is 0.691 bits per heavy atom. The van der Waals surface area contributed by atoms with Crippen molar-refractivity contribution >= 4 is 55.3 Å². The Morgan fingerprint density at radius 3 is 1.95 bits per heavy atom. The quantitative estimate of drug-likeness (QED) is 0.146. The van der Waals surface area contributed by atoms with Crippen LogP contribution in [0.25, 0.3) is 44.3 Å². The van der Waals surface area contributed by atoms with Gasteiger partial charge in [-0.05, 0) is 59.7 Å². The van der Waals surface area contributed by atoms with Crippen molar-refractivity contribution in [3.63, 3.8) is 0 Å². The molecule has 0 spiro atoms. The fraction of sp³-hybridized carbons (Fsp3) is 0.170. The average Bonchev–Trinajstić information content (AvgIpc) is 3.78. The van der Waals surface area contributed by atoms with Crippen LogP contribution >= 0.6 is 15.9 Å². The molecule has 4 aromatic carbocycles. The molecule has 0 bridgehead atoms. The standard InChI is InChI=1S/C20H17N3.C14H11N.C11H15BrN2O.2CH4/c21-20-12-6-10-17(22-20)14-23-18-11-5-4-9-16(18)13-19(23)15-7-2-1-3-8-15;1-2-6-11(7-3-1)14-10-12-8-4-5-9-13(12)15-14;1-11(2,3)10(15)14-9-6-4-5-8(7-12)13-9;;/h1-13H,14H2,(H2,21,22);1-10,15H;4-6H,7H2,1-3H3,(H,13,14,15);2*1H4. The number of carbonyl (C=O) groups excluding carboxylic acids is 1. The zero-order valence-electron chi connectivity index (χ0n) is 30.1. The lowest BCUT2D eigenvalue weighted by Gasteiger charge is -2.17. The average molecular weight is 796 g/mol. The number of amides is 1. The number of nitrogen functional groups attached to an aromatic ring is 1. The van der Waals surface area contributed by atoms with Crippen LogP contribution in [0.15, 0.2) is 158 Å². The van der Waals surface area contributed by atoms with Crippen molar-refractivity contribution in [3.05, 3.63) is 169 Å². The largest absolute Gasteiger partial charge is 0.384 e. The highest BCUT2D eigenvalue weighted by Gasteiger charge is 2.21. The lowest BCUT2D eigenvalue weighted by molar-refractivity contribution is -0.123. The number of H-pyrrole nitrogens is 1. The number of hydrogen-bond acceptors (Lipinski definition) is 4. The van der Waals surface area contributed by atoms with Crippen LogP contribution in [0.5, 0.6) is 0 Å². The Balaban J connectivity index is 0.000000187. The van der Waals surface area contributed by atoms with E-state index in [0.717, 1.165) is 11.4 Å². The van der Waals surface area contributed by atoms with Crippen molar-refractivity contribution in [2.75, 3.05) is 11.1 Å². The van der Waals surface area contributed by atoms with E-state index in [0.29, 0.717) is 23.5 Å². The molecule has 8 aromatic rings. The van der Waals surface area contributed by atoms with E-state index >= 15 is 0 Å². The molecule has 0 aliphatic heterocycles. The summed E-state index contributed by atoms with van der Waals surface area (Å²) in [6.45, 7) is 6.31. The molecular formula is C47H51BrN6O. The zero-order valence-corrected chi connectivity index (χ0v) is 31.7. The predicted molar refractivity (Wildman–Crippen MR) is 237 cm³/mol. The van der Waals surface area contributed by atoms with Gasteiger partial charge in [0.15, 0.2) is 0 Å². The number of nitrogens with two attached hydrogens (primary N) is 1. The molecule has 0 saturated heterocycles. The summed E-state index contributed by atoms with van der Waals surface area (Å²) in [5.74, 6) is 1.13. The minimum atomic E-state index is -0.397. The summed E-state index contributed by atoms with van der Waals surface area (Å²) in [6, 6.07) is 53.3. The lowest BCUT2D eigenvalue weighted by atomic mass is 9.96. The molecule has 1 amide bonds. The summed E-state index contributed by atoms with van der Waals surface area (Å²) in [5.41, 5.74) is 14.5. The first-order valence-corrected chi connectivity index (χ1v) is 18.6. The van der Waals surface area contributed by atoms with Gasteiger partial charge in [-0.3, -0.25) is 4.79 Å². The number of carbonyl (C=O) groups is 1. The second-order valence-corrected chi connectivity index (χ2v) is 14.1. The van der Waals surface area contributed by atoms with Crippen molar-refractivity contribution in [2.24, 2.45) is 5.41 Å². The fourth-order valence-electron chi connectivity index (χ4n) is 5.75. The van der Waals surface area contributed by atoms with E-state index in [1.165, 1.54) is 44.3 Å². The van der Waals surface area contributed by atoms with Crippen LogP contribution in [0.3, 0.4) is 0 Å². The van der Waals surface area contributed by atoms with Crippen LogP contribution in [0.4, 0.5) is 11.6 Å². The van der Waals surface area contributed by atoms with E-state index in [4.69, 9.17) is 5.73 Å². The van der Waals surface area contributed by atoms with Crippen molar-refractivity contribution in [2.45, 2.75) is 47.5 Å². The van der Waals surface area contributed by atoms with Gasteiger partial charge in [-0.1, -0.05) is 161 Å². The first kappa shape index (κ1) is 41.8. The summed E-state index contributed by atoms with van der Waals surface area (Å²) in [5, 5.41) is 5.96. The van der Waals surface area contributed by atoms with Gasteiger partial charge in [0.1, 0.15) is 11.6 Å². The Bertz CT molecular complexity index is 2380. The minimum Gasteiger partial charge on any atom is -0.384 e. The summed E-state index contributed by atoms with van der Waals surface area (Å²) in [4.78, 5) is 23.8. The SMILES string of the molecule is C.C.CC(C)(C)C(=O)Nc1cccc(CBr)n1.Nc1cccc(Cn2c(-c3ccccc3)cc3ccccc32)n1.c1ccc(-c2cc3ccccc3[nH]2)cc1. The van der Waals surface area contributed by atoms with Crippen molar-refractivity contribution in [1.29, 1.82) is 0 Å². The van der Waals surface area contributed by atoms with Crippen LogP contribution in [0.1, 0.15) is 47.0 Å². The molecule has 0 atom stereocenters. The summed E-state index contributed by atoms with van der Waals surface area (Å²) >= 11 is 3.32. The number of pyridine rings is 2. The summed E-state index contributed by atoms with van der Waals surface area (Å²) in [6.07, 6.45) is 0. The Kier molecular flexibility index (Phi) is 14.7. The van der Waals surface area contributed by atoms with Crippen LogP contribution in [-0.2, 0) is 16.7 Å². The second kappa shape index (κ2) is 19.4. The van der Waals surface area contributed by atoms with Crippen molar-refractivity contribution < 1.29 is 4.79 Å². The van der Waals surface area contributed by atoms with Gasteiger partial charge >= 0.3 is 0 Å². The Labute approximate surface area is 333 Å². The molecule has 4 aromatic heterocycles. The number of nitrogens with zero attached hydrogens (tertiary/aromatic N) is 3. The number of para-hydroxylation sites is 2. The van der Waals surface area contributed by atoms with Crippen molar-refractivity contribution in [1.82, 2.24) is 19.5 Å². The highest BCUT2D eigenvalue weighted by atomic mass is 79.9. The molecule has 4 heterocycles. The molecule has 55 heavy (non-hydrogen) atoms. The number of aromatic nitrogens is 4. The van der Waals surface area contributed by atoms with Gasteiger partial charge in [-0.2, -0.15) is 0 Å². The number of anilines is 2. The van der Waals surface area contributed by atoms with E-state index in [9.17, 15) is 4.79 Å².